The molecule has 6 nitrogen and oxygen atoms in total. The number of carbonyl (C=O) groups is 1. The Kier molecular flexibility index (Phi) is 5.00. The highest BCUT2D eigenvalue weighted by molar-refractivity contribution is 5.75. The number of nitrogens with two attached hydrogens (primary N) is 1. The largest absolute Gasteiger partial charge is 0.437 e. The molecule has 24 heavy (non-hydrogen) atoms. The van der Waals surface area contributed by atoms with E-state index < -0.39 is 0 Å². The number of aromatic nitrogens is 2. The van der Waals surface area contributed by atoms with Crippen LogP contribution in [-0.2, 0) is 4.79 Å². The maximum Gasteiger partial charge on any atom is 0.238 e. The third-order valence-corrected chi connectivity index (χ3v) is 4.03. The average Bonchev–Trinajstić information content (AvgIpc) is 2.55. The molecule has 1 saturated heterocycles. The van der Waals surface area contributed by atoms with Crippen molar-refractivity contribution < 1.29 is 13.9 Å². The van der Waals surface area contributed by atoms with Gasteiger partial charge in [0.1, 0.15) is 11.6 Å². The Balaban J connectivity index is 1.64. The molecule has 1 aliphatic rings. The maximum absolute atomic E-state index is 13.2. The number of primary amides is 1. The Morgan fingerprint density at radius 3 is 2.83 bits per heavy atom. The monoisotopic (exact) mass is 330 g/mol. The highest BCUT2D eigenvalue weighted by Gasteiger charge is 2.23. The molecule has 0 saturated carbocycles. The normalized spacial score (nSPS) is 16.0. The Labute approximate surface area is 139 Å². The summed E-state index contributed by atoms with van der Waals surface area (Å²) in [6.45, 7) is 1.88. The molecule has 0 radical (unpaired) electrons. The van der Waals surface area contributed by atoms with Crippen LogP contribution >= 0.6 is 0 Å². The van der Waals surface area contributed by atoms with Gasteiger partial charge in [-0.15, -0.1) is 0 Å². The van der Waals surface area contributed by atoms with E-state index in [0.29, 0.717) is 18.2 Å². The van der Waals surface area contributed by atoms with E-state index in [-0.39, 0.29) is 17.6 Å². The van der Waals surface area contributed by atoms with Crippen LogP contribution in [0.25, 0.3) is 0 Å². The quantitative estimate of drug-likeness (QED) is 0.907. The average molecular weight is 330 g/mol. The molecule has 0 atom stereocenters. The zero-order chi connectivity index (χ0) is 16.9. The van der Waals surface area contributed by atoms with E-state index in [1.54, 1.807) is 18.3 Å². The number of rotatable bonds is 5. The van der Waals surface area contributed by atoms with Gasteiger partial charge in [0.2, 0.25) is 11.8 Å². The fraction of sp³-hybridized carbons (Fsp3) is 0.353. The summed E-state index contributed by atoms with van der Waals surface area (Å²) in [6.07, 6.45) is 5.00. The number of piperidine rings is 1. The summed E-state index contributed by atoms with van der Waals surface area (Å²) >= 11 is 0. The number of hydrogen-bond donors (Lipinski definition) is 1. The Morgan fingerprint density at radius 1 is 1.33 bits per heavy atom. The van der Waals surface area contributed by atoms with E-state index in [1.807, 2.05) is 4.90 Å². The zero-order valence-corrected chi connectivity index (χ0v) is 13.2. The third kappa shape index (κ3) is 4.26. The number of ether oxygens (including phenoxy) is 1. The highest BCUT2D eigenvalue weighted by Crippen LogP contribution is 2.28. The Morgan fingerprint density at radius 2 is 2.12 bits per heavy atom. The number of amides is 1. The van der Waals surface area contributed by atoms with Crippen LogP contribution in [0.4, 0.5) is 4.39 Å². The number of likely N-dealkylation sites (tertiary alicyclic amines) is 1. The molecule has 126 valence electrons. The topological polar surface area (TPSA) is 81.3 Å². The molecule has 1 aliphatic heterocycles. The summed E-state index contributed by atoms with van der Waals surface area (Å²) in [5, 5.41) is 0. The van der Waals surface area contributed by atoms with E-state index in [9.17, 15) is 9.18 Å². The summed E-state index contributed by atoms with van der Waals surface area (Å²) in [5.41, 5.74) is 6.08. The Bertz CT molecular complexity index is 717. The highest BCUT2D eigenvalue weighted by atomic mass is 19.1. The van der Waals surface area contributed by atoms with Crippen LogP contribution in [0.1, 0.15) is 24.5 Å². The van der Waals surface area contributed by atoms with Gasteiger partial charge in [0.15, 0.2) is 0 Å². The van der Waals surface area contributed by atoms with Crippen molar-refractivity contribution in [3.63, 3.8) is 0 Å². The standard InChI is InChI=1S/C17H19FN4O2/c18-13-2-1-3-14(8-13)24-17-10-20-9-15(21-17)12-4-6-22(7-5-12)11-16(19)23/h1-3,8-10,12H,4-7,11H2,(H2,19,23). The van der Waals surface area contributed by atoms with Crippen LogP contribution in [-0.4, -0.2) is 40.4 Å². The van der Waals surface area contributed by atoms with Gasteiger partial charge in [-0.1, -0.05) is 6.07 Å². The van der Waals surface area contributed by atoms with Crippen LogP contribution in [0.3, 0.4) is 0 Å². The van der Waals surface area contributed by atoms with Crippen LogP contribution in [0.5, 0.6) is 11.6 Å². The van der Waals surface area contributed by atoms with Crippen molar-refractivity contribution in [3.05, 3.63) is 48.2 Å². The summed E-state index contributed by atoms with van der Waals surface area (Å²) in [6, 6.07) is 5.90. The molecule has 1 amide bonds. The first kappa shape index (κ1) is 16.3. The zero-order valence-electron chi connectivity index (χ0n) is 13.2. The predicted octanol–water partition coefficient (Wildman–Crippen LogP) is 2.07. The molecule has 3 rings (SSSR count). The number of hydrogen-bond acceptors (Lipinski definition) is 5. The van der Waals surface area contributed by atoms with Crippen molar-refractivity contribution >= 4 is 5.91 Å². The van der Waals surface area contributed by atoms with E-state index >= 15 is 0 Å². The van der Waals surface area contributed by atoms with Crippen LogP contribution < -0.4 is 10.5 Å². The first-order valence-electron chi connectivity index (χ1n) is 7.86. The molecule has 1 aromatic carbocycles. The van der Waals surface area contributed by atoms with Gasteiger partial charge in [0, 0.05) is 18.2 Å². The molecule has 1 fully saturated rings. The third-order valence-electron chi connectivity index (χ3n) is 4.03. The van der Waals surface area contributed by atoms with Crippen molar-refractivity contribution in [2.24, 2.45) is 5.73 Å². The molecule has 2 aromatic rings. The summed E-state index contributed by atoms with van der Waals surface area (Å²) in [7, 11) is 0. The van der Waals surface area contributed by atoms with Gasteiger partial charge >= 0.3 is 0 Å². The first-order valence-corrected chi connectivity index (χ1v) is 7.86. The lowest BCUT2D eigenvalue weighted by molar-refractivity contribution is -0.119. The lowest BCUT2D eigenvalue weighted by atomic mass is 9.94. The van der Waals surface area contributed by atoms with E-state index in [4.69, 9.17) is 10.5 Å². The van der Waals surface area contributed by atoms with E-state index in [2.05, 4.69) is 9.97 Å². The fourth-order valence-corrected chi connectivity index (χ4v) is 2.87. The molecule has 0 bridgehead atoms. The first-order chi connectivity index (χ1) is 11.6. The summed E-state index contributed by atoms with van der Waals surface area (Å²) in [4.78, 5) is 21.7. The number of nitrogens with zero attached hydrogens (tertiary/aromatic N) is 3. The summed E-state index contributed by atoms with van der Waals surface area (Å²) < 4.78 is 18.8. The molecular weight excluding hydrogens is 311 g/mol. The second-order valence-electron chi connectivity index (χ2n) is 5.86. The lowest BCUT2D eigenvalue weighted by Crippen LogP contribution is -2.39. The van der Waals surface area contributed by atoms with Crippen molar-refractivity contribution in [1.82, 2.24) is 14.9 Å². The van der Waals surface area contributed by atoms with E-state index in [1.165, 1.54) is 18.3 Å². The minimum Gasteiger partial charge on any atom is -0.437 e. The lowest BCUT2D eigenvalue weighted by Gasteiger charge is -2.30. The number of benzene rings is 1. The molecular formula is C17H19FN4O2. The number of halogens is 1. The maximum atomic E-state index is 13.2. The van der Waals surface area contributed by atoms with Gasteiger partial charge in [0.25, 0.3) is 0 Å². The SMILES string of the molecule is NC(=O)CN1CCC(c2cncc(Oc3cccc(F)c3)n2)CC1. The molecule has 7 heteroatoms. The van der Waals surface area contributed by atoms with Crippen molar-refractivity contribution in [1.29, 1.82) is 0 Å². The fourth-order valence-electron chi connectivity index (χ4n) is 2.87. The minimum atomic E-state index is -0.363. The molecule has 0 spiro atoms. The molecule has 1 aromatic heterocycles. The second kappa shape index (κ2) is 7.35. The van der Waals surface area contributed by atoms with Crippen LogP contribution in [0.15, 0.2) is 36.7 Å². The van der Waals surface area contributed by atoms with Crippen molar-refractivity contribution in [2.75, 3.05) is 19.6 Å². The number of carbonyl (C=O) groups excluding carboxylic acids is 1. The molecule has 2 heterocycles. The van der Waals surface area contributed by atoms with Crippen LogP contribution in [0, 0.1) is 5.82 Å². The van der Waals surface area contributed by atoms with Gasteiger partial charge in [-0.3, -0.25) is 14.7 Å². The summed E-state index contributed by atoms with van der Waals surface area (Å²) in [5.74, 6) is 0.324. The van der Waals surface area contributed by atoms with Crippen LogP contribution in [0.2, 0.25) is 0 Å². The van der Waals surface area contributed by atoms with Gasteiger partial charge < -0.3 is 10.5 Å². The van der Waals surface area contributed by atoms with Crippen molar-refractivity contribution in [3.8, 4) is 11.6 Å². The van der Waals surface area contributed by atoms with Crippen molar-refractivity contribution in [2.45, 2.75) is 18.8 Å². The van der Waals surface area contributed by atoms with Gasteiger partial charge in [-0.05, 0) is 38.1 Å². The van der Waals surface area contributed by atoms with Gasteiger partial charge in [0.05, 0.1) is 18.4 Å². The minimum absolute atomic E-state index is 0.262. The molecule has 2 N–H and O–H groups in total. The molecule has 0 aliphatic carbocycles. The predicted molar refractivity (Wildman–Crippen MR) is 86.1 cm³/mol. The smallest absolute Gasteiger partial charge is 0.238 e. The van der Waals surface area contributed by atoms with Gasteiger partial charge in [-0.2, -0.15) is 0 Å². The Hall–Kier alpha value is -2.54. The second-order valence-corrected chi connectivity index (χ2v) is 5.86. The van der Waals surface area contributed by atoms with Gasteiger partial charge in [-0.25, -0.2) is 9.37 Å². The van der Waals surface area contributed by atoms with E-state index in [0.717, 1.165) is 31.6 Å². The molecule has 0 unspecified atom stereocenters.